The summed E-state index contributed by atoms with van der Waals surface area (Å²) in [6.07, 6.45) is 3.89. The first-order valence-electron chi connectivity index (χ1n) is 14.9. The van der Waals surface area contributed by atoms with Gasteiger partial charge in [-0.05, 0) is 28.3 Å². The van der Waals surface area contributed by atoms with E-state index in [-0.39, 0.29) is 23.0 Å². The Morgan fingerprint density at radius 2 is 1.34 bits per heavy atom. The summed E-state index contributed by atoms with van der Waals surface area (Å²) in [5, 5.41) is 29.6. The van der Waals surface area contributed by atoms with E-state index in [4.69, 9.17) is 16.6 Å². The van der Waals surface area contributed by atoms with Crippen LogP contribution in [0.4, 0.5) is 17.3 Å². The second-order valence-corrected chi connectivity index (χ2v) is 11.0. The Morgan fingerprint density at radius 1 is 0.766 bits per heavy atom. The van der Waals surface area contributed by atoms with Crippen LogP contribution in [0.15, 0.2) is 133 Å². The number of nitrogens with zero attached hydrogens (tertiary/aromatic N) is 6. The molecule has 0 fully saturated rings. The molecule has 0 bridgehead atoms. The number of rotatable bonds is 6. The van der Waals surface area contributed by atoms with Crippen LogP contribution < -0.4 is 22.1 Å². The van der Waals surface area contributed by atoms with Gasteiger partial charge in [-0.15, -0.1) is 0 Å². The summed E-state index contributed by atoms with van der Waals surface area (Å²) in [7, 11) is 0. The highest BCUT2D eigenvalue weighted by Gasteiger charge is 2.39. The third-order valence-corrected chi connectivity index (χ3v) is 8.39. The number of guanidine groups is 1. The lowest BCUT2D eigenvalue weighted by molar-refractivity contribution is 0.461. The van der Waals surface area contributed by atoms with Crippen molar-refractivity contribution in [1.29, 1.82) is 10.5 Å². The molecule has 6 aromatic rings. The van der Waals surface area contributed by atoms with Crippen LogP contribution in [0.3, 0.4) is 0 Å². The minimum atomic E-state index is -0.732. The predicted molar refractivity (Wildman–Crippen MR) is 182 cm³/mol. The third-order valence-electron chi connectivity index (χ3n) is 8.39. The number of nitrogens with one attached hydrogen (secondary N) is 2. The zero-order valence-corrected chi connectivity index (χ0v) is 25.0. The molecule has 0 saturated heterocycles. The summed E-state index contributed by atoms with van der Waals surface area (Å²) in [6, 6.07) is 42.4. The van der Waals surface area contributed by atoms with E-state index < -0.39 is 11.6 Å². The second kappa shape index (κ2) is 11.9. The zero-order valence-electron chi connectivity index (χ0n) is 25.0. The predicted octanol–water partition coefficient (Wildman–Crippen LogP) is 5.76. The van der Waals surface area contributed by atoms with Crippen LogP contribution >= 0.6 is 0 Å². The number of aromatic nitrogens is 3. The summed E-state index contributed by atoms with van der Waals surface area (Å²) in [4.78, 5) is 9.01. The van der Waals surface area contributed by atoms with Gasteiger partial charge >= 0.3 is 0 Å². The highest BCUT2D eigenvalue weighted by molar-refractivity contribution is 5.98. The lowest BCUT2D eigenvalue weighted by atomic mass is 9.77. The molecule has 7 rings (SSSR count). The minimum Gasteiger partial charge on any atom is -0.397 e. The molecule has 10 nitrogen and oxygen atoms in total. The van der Waals surface area contributed by atoms with E-state index in [9.17, 15) is 10.5 Å². The molecule has 1 unspecified atom stereocenters. The molecule has 4 aromatic carbocycles. The summed E-state index contributed by atoms with van der Waals surface area (Å²) in [6.45, 7) is 0. The molecule has 2 aromatic heterocycles. The maximum absolute atomic E-state index is 9.66. The van der Waals surface area contributed by atoms with Crippen molar-refractivity contribution in [2.75, 3.05) is 16.8 Å². The number of nitriles is 2. The number of aliphatic imine (C=N–C) groups is 1. The smallest absolute Gasteiger partial charge is 0.211 e. The van der Waals surface area contributed by atoms with Gasteiger partial charge < -0.3 is 16.8 Å². The van der Waals surface area contributed by atoms with E-state index in [1.807, 2.05) is 108 Å². The zero-order chi connectivity index (χ0) is 32.4. The third kappa shape index (κ3) is 4.87. The molecule has 47 heavy (non-hydrogen) atoms. The van der Waals surface area contributed by atoms with Gasteiger partial charge in [0.05, 0.1) is 11.4 Å². The van der Waals surface area contributed by atoms with E-state index in [0.29, 0.717) is 11.4 Å². The molecule has 0 amide bonds. The average molecular weight is 613 g/mol. The lowest BCUT2D eigenvalue weighted by Gasteiger charge is -2.36. The fraction of sp³-hybridized carbons (Fsp3) is 0.0541. The molecule has 226 valence electrons. The number of hydrogen-bond donors (Lipinski definition) is 4. The summed E-state index contributed by atoms with van der Waals surface area (Å²) in [5.41, 5.74) is 18.2. The van der Waals surface area contributed by atoms with Gasteiger partial charge in [-0.25, -0.2) is 9.98 Å². The van der Waals surface area contributed by atoms with Crippen molar-refractivity contribution in [2.45, 2.75) is 11.6 Å². The first kappa shape index (κ1) is 28.8. The van der Waals surface area contributed by atoms with E-state index >= 15 is 0 Å². The fourth-order valence-corrected chi connectivity index (χ4v) is 6.26. The molecule has 10 heteroatoms. The van der Waals surface area contributed by atoms with Crippen LogP contribution in [0.25, 0.3) is 11.3 Å². The molecular weight excluding hydrogens is 584 g/mol. The normalized spacial score (nSPS) is 13.7. The molecule has 0 saturated carbocycles. The number of nitrogen functional groups attached to an aromatic ring is 2. The fourth-order valence-electron chi connectivity index (χ4n) is 6.26. The number of fused-ring (bicyclic) bond motifs is 1. The molecule has 0 spiro atoms. The Hall–Kier alpha value is -6.91. The number of pyridine rings is 1. The highest BCUT2D eigenvalue weighted by atomic mass is 15.3. The van der Waals surface area contributed by atoms with E-state index in [1.165, 1.54) is 0 Å². The molecular formula is C37H28N10. The van der Waals surface area contributed by atoms with E-state index in [2.05, 4.69) is 57.0 Å². The van der Waals surface area contributed by atoms with Crippen molar-refractivity contribution >= 4 is 23.3 Å². The number of anilines is 3. The van der Waals surface area contributed by atoms with Gasteiger partial charge in [0.1, 0.15) is 34.8 Å². The van der Waals surface area contributed by atoms with Gasteiger partial charge in [-0.3, -0.25) is 10.00 Å². The lowest BCUT2D eigenvalue weighted by Crippen LogP contribution is -2.38. The summed E-state index contributed by atoms with van der Waals surface area (Å²) < 4.78 is 2.03. The average Bonchev–Trinajstić information content (AvgIpc) is 3.61. The Balaban J connectivity index is 1.33. The van der Waals surface area contributed by atoms with E-state index in [0.717, 1.165) is 33.5 Å². The van der Waals surface area contributed by atoms with Gasteiger partial charge in [0.25, 0.3) is 0 Å². The minimum absolute atomic E-state index is 0.00303. The van der Waals surface area contributed by atoms with Crippen molar-refractivity contribution in [3.05, 3.63) is 161 Å². The van der Waals surface area contributed by atoms with Crippen LogP contribution in [0.5, 0.6) is 0 Å². The van der Waals surface area contributed by atoms with E-state index in [1.54, 1.807) is 0 Å². The van der Waals surface area contributed by atoms with Crippen molar-refractivity contribution in [1.82, 2.24) is 20.1 Å². The van der Waals surface area contributed by atoms with Crippen LogP contribution in [-0.4, -0.2) is 20.7 Å². The van der Waals surface area contributed by atoms with Gasteiger partial charge in [-0.2, -0.15) is 15.6 Å². The number of benzene rings is 4. The molecule has 6 N–H and O–H groups in total. The SMILES string of the molecule is N#CNC1=NC(c2ccc(-c3ccn(C(c4ccccc4)(c4ccccc4)c4ccccc4)n3)cc2)c2c(nc(N)c(C#N)c2N)N1. The molecule has 0 radical (unpaired) electrons. The molecule has 1 aliphatic heterocycles. The summed E-state index contributed by atoms with van der Waals surface area (Å²) >= 11 is 0. The maximum atomic E-state index is 9.66. The molecule has 3 heterocycles. The van der Waals surface area contributed by atoms with Gasteiger partial charge in [-0.1, -0.05) is 115 Å². The van der Waals surface area contributed by atoms with Crippen molar-refractivity contribution in [3.63, 3.8) is 0 Å². The van der Waals surface area contributed by atoms with Crippen LogP contribution in [0.2, 0.25) is 0 Å². The molecule has 1 aliphatic rings. The number of nitrogens with two attached hydrogens (primary N) is 2. The molecule has 1 atom stereocenters. The van der Waals surface area contributed by atoms with Crippen molar-refractivity contribution in [3.8, 4) is 23.5 Å². The van der Waals surface area contributed by atoms with Gasteiger partial charge in [0, 0.05) is 17.3 Å². The Morgan fingerprint density at radius 3 is 1.87 bits per heavy atom. The second-order valence-electron chi connectivity index (χ2n) is 11.0. The summed E-state index contributed by atoms with van der Waals surface area (Å²) in [5.74, 6) is 0.526. The van der Waals surface area contributed by atoms with Gasteiger partial charge in [0.2, 0.25) is 5.96 Å². The largest absolute Gasteiger partial charge is 0.397 e. The van der Waals surface area contributed by atoms with Crippen LogP contribution in [-0.2, 0) is 5.54 Å². The quantitative estimate of drug-likeness (QED) is 0.105. The van der Waals surface area contributed by atoms with Gasteiger partial charge in [0.15, 0.2) is 6.19 Å². The molecule has 0 aliphatic carbocycles. The Kier molecular flexibility index (Phi) is 7.29. The van der Waals surface area contributed by atoms with Crippen LogP contribution in [0.1, 0.15) is 39.4 Å². The number of hydrogen-bond acceptors (Lipinski definition) is 9. The highest BCUT2D eigenvalue weighted by Crippen LogP contribution is 2.42. The topological polar surface area (TPSA) is 167 Å². The monoisotopic (exact) mass is 612 g/mol. The first-order valence-corrected chi connectivity index (χ1v) is 14.9. The Labute approximate surface area is 271 Å². The first-order chi connectivity index (χ1) is 23.0. The Bertz CT molecular complexity index is 2080. The van der Waals surface area contributed by atoms with Crippen molar-refractivity contribution in [2.24, 2.45) is 4.99 Å². The van der Waals surface area contributed by atoms with Crippen molar-refractivity contribution < 1.29 is 0 Å². The van der Waals surface area contributed by atoms with Crippen LogP contribution in [0, 0.1) is 22.8 Å². The maximum Gasteiger partial charge on any atom is 0.211 e. The standard InChI is InChI=1S/C37H28N10/c38-22-29-32(40)31-33(43-36(42-23-39)45-35(31)44-34(29)41)25-18-16-24(17-19-25)30-20-21-47(46-30)37(26-10-4-1-5-11-26,27-12-6-2-7-13-27)28-14-8-3-9-15-28/h1-21,33H,(H6,40,41,42,43,44,45).